The zero-order valence-electron chi connectivity index (χ0n) is 12.5. The van der Waals surface area contributed by atoms with E-state index in [1.165, 1.54) is 5.39 Å². The minimum Gasteiger partial charge on any atom is -0.495 e. The lowest BCUT2D eigenvalue weighted by molar-refractivity contribution is 0.417. The average molecular weight is 343 g/mol. The van der Waals surface area contributed by atoms with E-state index in [2.05, 4.69) is 34.9 Å². The Morgan fingerprint density at radius 3 is 2.52 bits per heavy atom. The fourth-order valence-corrected chi connectivity index (χ4v) is 2.73. The maximum absolute atomic E-state index is 6.02. The maximum atomic E-state index is 6.02. The van der Waals surface area contributed by atoms with Crippen LogP contribution < -0.4 is 15.4 Å². The van der Waals surface area contributed by atoms with Gasteiger partial charge in [-0.05, 0) is 53.3 Å². The molecule has 5 heteroatoms. The van der Waals surface area contributed by atoms with Crippen molar-refractivity contribution in [2.75, 3.05) is 17.7 Å². The van der Waals surface area contributed by atoms with Crippen LogP contribution in [-0.2, 0) is 0 Å². The molecule has 0 saturated carbocycles. The lowest BCUT2D eigenvalue weighted by Gasteiger charge is -2.14. The first-order valence-electron chi connectivity index (χ1n) is 7.06. The van der Waals surface area contributed by atoms with E-state index in [9.17, 15) is 0 Å². The molecule has 3 nitrogen and oxygen atoms in total. The number of benzene rings is 3. The van der Waals surface area contributed by atoms with Crippen LogP contribution in [0.1, 0.15) is 0 Å². The first kappa shape index (κ1) is 15.6. The molecule has 0 saturated heterocycles. The van der Waals surface area contributed by atoms with Crippen molar-refractivity contribution in [3.8, 4) is 5.75 Å². The van der Waals surface area contributed by atoms with Gasteiger partial charge in [-0.2, -0.15) is 0 Å². The third kappa shape index (κ3) is 3.73. The minimum atomic E-state index is 0.473. The molecule has 2 N–H and O–H groups in total. The van der Waals surface area contributed by atoms with Crippen molar-refractivity contribution in [1.29, 1.82) is 0 Å². The molecule has 0 atom stereocenters. The van der Waals surface area contributed by atoms with Crippen LogP contribution >= 0.6 is 23.8 Å². The maximum Gasteiger partial charge on any atom is 0.175 e. The van der Waals surface area contributed by atoms with Crippen LogP contribution in [0, 0.1) is 0 Å². The Balaban J connectivity index is 1.77. The highest BCUT2D eigenvalue weighted by Gasteiger charge is 2.06. The summed E-state index contributed by atoms with van der Waals surface area (Å²) >= 11 is 11.4. The van der Waals surface area contributed by atoms with E-state index >= 15 is 0 Å². The van der Waals surface area contributed by atoms with Gasteiger partial charge < -0.3 is 15.4 Å². The quantitative estimate of drug-likeness (QED) is 0.632. The normalized spacial score (nSPS) is 10.3. The van der Waals surface area contributed by atoms with Gasteiger partial charge in [-0.25, -0.2) is 0 Å². The number of hydrogen-bond acceptors (Lipinski definition) is 2. The van der Waals surface area contributed by atoms with Crippen molar-refractivity contribution < 1.29 is 4.74 Å². The Hall–Kier alpha value is -2.30. The Bertz CT molecular complexity index is 867. The van der Waals surface area contributed by atoms with E-state index in [-0.39, 0.29) is 0 Å². The summed E-state index contributed by atoms with van der Waals surface area (Å²) in [5.41, 5.74) is 1.64. The average Bonchev–Trinajstić information content (AvgIpc) is 2.55. The fraction of sp³-hybridized carbons (Fsp3) is 0.0556. The lowest BCUT2D eigenvalue weighted by Crippen LogP contribution is -2.19. The van der Waals surface area contributed by atoms with Gasteiger partial charge in [0.05, 0.1) is 12.8 Å². The summed E-state index contributed by atoms with van der Waals surface area (Å²) in [5, 5.41) is 9.71. The Morgan fingerprint density at radius 2 is 1.74 bits per heavy atom. The Morgan fingerprint density at radius 1 is 0.957 bits per heavy atom. The van der Waals surface area contributed by atoms with Crippen LogP contribution in [0.3, 0.4) is 0 Å². The smallest absolute Gasteiger partial charge is 0.175 e. The van der Waals surface area contributed by atoms with Gasteiger partial charge in [0, 0.05) is 10.7 Å². The summed E-state index contributed by atoms with van der Waals surface area (Å²) in [6.45, 7) is 0. The van der Waals surface area contributed by atoms with E-state index in [1.807, 2.05) is 18.2 Å². The van der Waals surface area contributed by atoms with Gasteiger partial charge in [0.1, 0.15) is 5.75 Å². The molecule has 3 aromatic rings. The van der Waals surface area contributed by atoms with Crippen molar-refractivity contribution in [3.63, 3.8) is 0 Å². The first-order chi connectivity index (χ1) is 11.2. The van der Waals surface area contributed by atoms with E-state index in [0.29, 0.717) is 15.9 Å². The third-order valence-electron chi connectivity index (χ3n) is 3.42. The molecule has 0 heterocycles. The number of thiocarbonyl (C=S) groups is 1. The minimum absolute atomic E-state index is 0.473. The Labute approximate surface area is 145 Å². The van der Waals surface area contributed by atoms with Crippen LogP contribution in [0.2, 0.25) is 5.02 Å². The molecule has 0 bridgehead atoms. The van der Waals surface area contributed by atoms with Gasteiger partial charge in [0.2, 0.25) is 0 Å². The van der Waals surface area contributed by atoms with E-state index in [1.54, 1.807) is 25.3 Å². The topological polar surface area (TPSA) is 33.3 Å². The molecule has 0 aliphatic carbocycles. The van der Waals surface area contributed by atoms with Crippen molar-refractivity contribution in [2.45, 2.75) is 0 Å². The van der Waals surface area contributed by atoms with Crippen LogP contribution in [0.25, 0.3) is 10.8 Å². The highest BCUT2D eigenvalue weighted by molar-refractivity contribution is 7.80. The summed E-state index contributed by atoms with van der Waals surface area (Å²) in [6.07, 6.45) is 0. The SMILES string of the molecule is COc1ccc(Cl)cc1NC(=S)Nc1ccc2ccccc2c1. The molecule has 0 fully saturated rings. The summed E-state index contributed by atoms with van der Waals surface area (Å²) in [6, 6.07) is 19.6. The number of halogens is 1. The molecule has 0 unspecified atom stereocenters. The number of rotatable bonds is 3. The summed E-state index contributed by atoms with van der Waals surface area (Å²) in [5.74, 6) is 0.678. The third-order valence-corrected chi connectivity index (χ3v) is 3.86. The van der Waals surface area contributed by atoms with Gasteiger partial charge in [0.15, 0.2) is 5.11 Å². The molecule has 0 aromatic heterocycles. The molecule has 0 radical (unpaired) electrons. The van der Waals surface area contributed by atoms with Crippen molar-refractivity contribution >= 4 is 51.1 Å². The molecule has 0 spiro atoms. The fourth-order valence-electron chi connectivity index (χ4n) is 2.33. The molecule has 116 valence electrons. The number of anilines is 2. The monoisotopic (exact) mass is 342 g/mol. The van der Waals surface area contributed by atoms with Gasteiger partial charge in [0.25, 0.3) is 0 Å². The zero-order valence-corrected chi connectivity index (χ0v) is 14.0. The van der Waals surface area contributed by atoms with Crippen LogP contribution in [0.15, 0.2) is 60.7 Å². The molecule has 0 aliphatic rings. The summed E-state index contributed by atoms with van der Waals surface area (Å²) in [7, 11) is 1.61. The van der Waals surface area contributed by atoms with Crippen molar-refractivity contribution in [3.05, 3.63) is 65.7 Å². The molecule has 3 aromatic carbocycles. The first-order valence-corrected chi connectivity index (χ1v) is 7.85. The molecule has 23 heavy (non-hydrogen) atoms. The highest BCUT2D eigenvalue weighted by atomic mass is 35.5. The van der Waals surface area contributed by atoms with E-state index in [0.717, 1.165) is 16.8 Å². The van der Waals surface area contributed by atoms with Crippen molar-refractivity contribution in [2.24, 2.45) is 0 Å². The van der Waals surface area contributed by atoms with Gasteiger partial charge >= 0.3 is 0 Å². The van der Waals surface area contributed by atoms with Crippen LogP contribution in [0.4, 0.5) is 11.4 Å². The van der Waals surface area contributed by atoms with Crippen LogP contribution in [-0.4, -0.2) is 12.2 Å². The molecular weight excluding hydrogens is 328 g/mol. The van der Waals surface area contributed by atoms with Crippen LogP contribution in [0.5, 0.6) is 5.75 Å². The summed E-state index contributed by atoms with van der Waals surface area (Å²) < 4.78 is 5.30. The number of ether oxygens (including phenoxy) is 1. The zero-order chi connectivity index (χ0) is 16.2. The molecule has 3 rings (SSSR count). The van der Waals surface area contributed by atoms with Gasteiger partial charge in [-0.1, -0.05) is 41.9 Å². The number of fused-ring (bicyclic) bond motifs is 1. The number of hydrogen-bond donors (Lipinski definition) is 2. The predicted octanol–water partition coefficient (Wildman–Crippen LogP) is 5.31. The van der Waals surface area contributed by atoms with Gasteiger partial charge in [-0.15, -0.1) is 0 Å². The molecule has 0 aliphatic heterocycles. The standard InChI is InChI=1S/C18H15ClN2OS/c1-22-17-9-7-14(19)11-16(17)21-18(23)20-15-8-6-12-4-2-3-5-13(12)10-15/h2-11H,1H3,(H2,20,21,23). The van der Waals surface area contributed by atoms with E-state index < -0.39 is 0 Å². The molecule has 0 amide bonds. The second-order valence-corrected chi connectivity index (χ2v) is 5.83. The Kier molecular flexibility index (Phi) is 4.65. The lowest BCUT2D eigenvalue weighted by atomic mass is 10.1. The second kappa shape index (κ2) is 6.86. The predicted molar refractivity (Wildman–Crippen MR) is 102 cm³/mol. The van der Waals surface area contributed by atoms with Gasteiger partial charge in [-0.3, -0.25) is 0 Å². The second-order valence-electron chi connectivity index (χ2n) is 4.99. The van der Waals surface area contributed by atoms with Crippen molar-refractivity contribution in [1.82, 2.24) is 0 Å². The summed E-state index contributed by atoms with van der Waals surface area (Å²) in [4.78, 5) is 0. The highest BCUT2D eigenvalue weighted by Crippen LogP contribution is 2.28. The largest absolute Gasteiger partial charge is 0.495 e. The molecular formula is C18H15ClN2OS. The number of methoxy groups -OCH3 is 1. The number of nitrogens with one attached hydrogen (secondary N) is 2. The van der Waals surface area contributed by atoms with E-state index in [4.69, 9.17) is 28.6 Å².